The molecule has 0 bridgehead atoms. The molecule has 6 nitrogen and oxygen atoms in total. The quantitative estimate of drug-likeness (QED) is 0.758. The molecule has 0 aliphatic rings. The van der Waals surface area contributed by atoms with Gasteiger partial charge in [0.05, 0.1) is 6.61 Å². The van der Waals surface area contributed by atoms with Gasteiger partial charge in [-0.2, -0.15) is 0 Å². The van der Waals surface area contributed by atoms with Crippen molar-refractivity contribution in [1.82, 2.24) is 0 Å². The van der Waals surface area contributed by atoms with E-state index in [1.165, 1.54) is 13.0 Å². The number of rotatable bonds is 6. The van der Waals surface area contributed by atoms with Crippen LogP contribution in [0.4, 0.5) is 11.4 Å². The van der Waals surface area contributed by atoms with Crippen molar-refractivity contribution in [3.63, 3.8) is 0 Å². The fraction of sp³-hybridized carbons (Fsp3) is 0.188. The number of nitrogens with one attached hydrogen (secondary N) is 2. The molecule has 2 rings (SSSR count). The molecule has 0 saturated heterocycles. The minimum Gasteiger partial charge on any atom is -0.492 e. The molecule has 128 valence electrons. The Morgan fingerprint density at radius 1 is 1.12 bits per heavy atom. The molecule has 0 saturated carbocycles. The van der Waals surface area contributed by atoms with Crippen molar-refractivity contribution in [2.45, 2.75) is 18.7 Å². The summed E-state index contributed by atoms with van der Waals surface area (Å²) in [5.74, 6) is 0.0851. The summed E-state index contributed by atoms with van der Waals surface area (Å²) in [4.78, 5) is 11.0. The number of carbonyl (C=O) groups is 1. The van der Waals surface area contributed by atoms with Crippen molar-refractivity contribution in [1.29, 1.82) is 0 Å². The molecule has 0 unspecified atom stereocenters. The van der Waals surface area contributed by atoms with E-state index in [9.17, 15) is 13.2 Å². The fourth-order valence-electron chi connectivity index (χ4n) is 2.00. The molecule has 0 atom stereocenters. The van der Waals surface area contributed by atoms with Crippen molar-refractivity contribution in [2.24, 2.45) is 0 Å². The molecule has 24 heavy (non-hydrogen) atoms. The standard InChI is InChI=1S/C16H17BrN2O4S/c1-3-23-15-9-4-12(17)10-16(15)24(21,22)19-14-7-5-13(6-8-14)18-11(2)20/h4-10,19H,3H2,1-2H3,(H,18,20). The highest BCUT2D eigenvalue weighted by Gasteiger charge is 2.20. The van der Waals surface area contributed by atoms with Crippen molar-refractivity contribution in [3.8, 4) is 5.75 Å². The third-order valence-electron chi connectivity index (χ3n) is 2.95. The van der Waals surface area contributed by atoms with Gasteiger partial charge in [-0.05, 0) is 49.4 Å². The molecule has 1 amide bonds. The first-order valence-corrected chi connectivity index (χ1v) is 9.42. The van der Waals surface area contributed by atoms with Crippen LogP contribution in [0.1, 0.15) is 13.8 Å². The Morgan fingerprint density at radius 3 is 2.33 bits per heavy atom. The summed E-state index contributed by atoms with van der Waals surface area (Å²) in [6, 6.07) is 11.2. The molecule has 2 aromatic carbocycles. The number of amides is 1. The largest absolute Gasteiger partial charge is 0.492 e. The summed E-state index contributed by atoms with van der Waals surface area (Å²) in [6.45, 7) is 3.54. The lowest BCUT2D eigenvalue weighted by molar-refractivity contribution is -0.114. The maximum Gasteiger partial charge on any atom is 0.265 e. The highest BCUT2D eigenvalue weighted by molar-refractivity contribution is 9.10. The molecule has 2 aromatic rings. The second-order valence-corrected chi connectivity index (χ2v) is 7.45. The van der Waals surface area contributed by atoms with E-state index in [0.717, 1.165) is 0 Å². The summed E-state index contributed by atoms with van der Waals surface area (Å²) in [6.07, 6.45) is 0. The van der Waals surface area contributed by atoms with E-state index in [1.807, 2.05) is 0 Å². The van der Waals surface area contributed by atoms with Gasteiger partial charge in [0.25, 0.3) is 10.0 Å². The Labute approximate surface area is 149 Å². The topological polar surface area (TPSA) is 84.5 Å². The van der Waals surface area contributed by atoms with E-state index < -0.39 is 10.0 Å². The highest BCUT2D eigenvalue weighted by atomic mass is 79.9. The Morgan fingerprint density at radius 2 is 1.75 bits per heavy atom. The molecule has 0 aliphatic carbocycles. The minimum atomic E-state index is -3.82. The van der Waals surface area contributed by atoms with Crippen LogP contribution >= 0.6 is 15.9 Å². The van der Waals surface area contributed by atoms with Gasteiger partial charge in [0, 0.05) is 22.8 Å². The molecule has 8 heteroatoms. The second-order valence-electron chi connectivity index (χ2n) is 4.89. The van der Waals surface area contributed by atoms with Gasteiger partial charge in [-0.25, -0.2) is 8.42 Å². The van der Waals surface area contributed by atoms with E-state index in [2.05, 4.69) is 26.0 Å². The molecule has 2 N–H and O–H groups in total. The number of carbonyl (C=O) groups excluding carboxylic acids is 1. The van der Waals surface area contributed by atoms with Gasteiger partial charge < -0.3 is 10.1 Å². The van der Waals surface area contributed by atoms with Gasteiger partial charge in [0.1, 0.15) is 10.6 Å². The van der Waals surface area contributed by atoms with Crippen molar-refractivity contribution in [2.75, 3.05) is 16.6 Å². The maximum atomic E-state index is 12.6. The zero-order chi connectivity index (χ0) is 17.7. The van der Waals surface area contributed by atoms with Crippen molar-refractivity contribution < 1.29 is 17.9 Å². The first-order chi connectivity index (χ1) is 11.3. The monoisotopic (exact) mass is 412 g/mol. The molecule has 0 aromatic heterocycles. The van der Waals surface area contributed by atoms with E-state index in [-0.39, 0.29) is 16.6 Å². The average molecular weight is 413 g/mol. The average Bonchev–Trinajstić information content (AvgIpc) is 2.50. The number of hydrogen-bond acceptors (Lipinski definition) is 4. The van der Waals surface area contributed by atoms with Gasteiger partial charge >= 0.3 is 0 Å². The van der Waals surface area contributed by atoms with Crippen LogP contribution in [0.25, 0.3) is 0 Å². The predicted molar refractivity (Wildman–Crippen MR) is 96.9 cm³/mol. The van der Waals surface area contributed by atoms with E-state index >= 15 is 0 Å². The first-order valence-electron chi connectivity index (χ1n) is 7.14. The van der Waals surface area contributed by atoms with Crippen molar-refractivity contribution in [3.05, 3.63) is 46.9 Å². The van der Waals surface area contributed by atoms with Crippen LogP contribution in [0.15, 0.2) is 51.8 Å². The Balaban J connectivity index is 2.28. The third kappa shape index (κ3) is 4.72. The smallest absolute Gasteiger partial charge is 0.265 e. The first kappa shape index (κ1) is 18.3. The normalized spacial score (nSPS) is 11.0. The number of ether oxygens (including phenoxy) is 1. The highest BCUT2D eigenvalue weighted by Crippen LogP contribution is 2.29. The van der Waals surface area contributed by atoms with Crippen LogP contribution in [-0.4, -0.2) is 20.9 Å². The molecule has 0 heterocycles. The SMILES string of the molecule is CCOc1ccc(Br)cc1S(=O)(=O)Nc1ccc(NC(C)=O)cc1. The Hall–Kier alpha value is -2.06. The zero-order valence-electron chi connectivity index (χ0n) is 13.2. The van der Waals surface area contributed by atoms with Crippen molar-refractivity contribution >= 4 is 43.2 Å². The van der Waals surface area contributed by atoms with Crippen LogP contribution in [0, 0.1) is 0 Å². The van der Waals surface area contributed by atoms with E-state index in [0.29, 0.717) is 22.5 Å². The maximum absolute atomic E-state index is 12.6. The summed E-state index contributed by atoms with van der Waals surface area (Å²) in [5.41, 5.74) is 0.967. The zero-order valence-corrected chi connectivity index (χ0v) is 15.6. The van der Waals surface area contributed by atoms with E-state index in [1.54, 1.807) is 43.3 Å². The van der Waals surface area contributed by atoms with Crippen LogP contribution in [0.5, 0.6) is 5.75 Å². The molecular formula is C16H17BrN2O4S. The predicted octanol–water partition coefficient (Wildman–Crippen LogP) is 3.61. The fourth-order valence-corrected chi connectivity index (χ4v) is 3.74. The lowest BCUT2D eigenvalue weighted by atomic mass is 10.3. The van der Waals surface area contributed by atoms with Crippen LogP contribution in [0.3, 0.4) is 0 Å². The van der Waals surface area contributed by atoms with Gasteiger partial charge in [0.2, 0.25) is 5.91 Å². The lowest BCUT2D eigenvalue weighted by Crippen LogP contribution is -2.14. The Kier molecular flexibility index (Phi) is 5.84. The van der Waals surface area contributed by atoms with E-state index in [4.69, 9.17) is 4.74 Å². The molecule has 0 radical (unpaired) electrons. The lowest BCUT2D eigenvalue weighted by Gasteiger charge is -2.13. The minimum absolute atomic E-state index is 0.0460. The Bertz CT molecular complexity index is 836. The molecule has 0 aliphatic heterocycles. The molecule has 0 fully saturated rings. The van der Waals surface area contributed by atoms with Gasteiger partial charge in [-0.1, -0.05) is 15.9 Å². The number of halogens is 1. The summed E-state index contributed by atoms with van der Waals surface area (Å²) in [5, 5.41) is 2.62. The summed E-state index contributed by atoms with van der Waals surface area (Å²) >= 11 is 3.27. The van der Waals surface area contributed by atoms with Crippen LogP contribution in [0.2, 0.25) is 0 Å². The van der Waals surface area contributed by atoms with Crippen LogP contribution < -0.4 is 14.8 Å². The number of anilines is 2. The third-order valence-corrected chi connectivity index (χ3v) is 4.85. The summed E-state index contributed by atoms with van der Waals surface area (Å²) < 4.78 is 33.8. The van der Waals surface area contributed by atoms with Crippen LogP contribution in [-0.2, 0) is 14.8 Å². The molecule has 0 spiro atoms. The molecular weight excluding hydrogens is 396 g/mol. The second kappa shape index (κ2) is 7.67. The number of sulfonamides is 1. The number of hydrogen-bond donors (Lipinski definition) is 2. The summed E-state index contributed by atoms with van der Waals surface area (Å²) in [7, 11) is -3.82. The van der Waals surface area contributed by atoms with Gasteiger partial charge in [-0.3, -0.25) is 9.52 Å². The van der Waals surface area contributed by atoms with Gasteiger partial charge in [-0.15, -0.1) is 0 Å². The van der Waals surface area contributed by atoms with Gasteiger partial charge in [0.15, 0.2) is 0 Å². The number of benzene rings is 2.